The Labute approximate surface area is 149 Å². The van der Waals surface area contributed by atoms with E-state index in [4.69, 9.17) is 10.2 Å². The summed E-state index contributed by atoms with van der Waals surface area (Å²) in [6, 6.07) is 15.7. The molecule has 4 N–H and O–H groups in total. The number of furan rings is 1. The van der Waals surface area contributed by atoms with Crippen molar-refractivity contribution in [3.05, 3.63) is 71.5 Å². The van der Waals surface area contributed by atoms with Gasteiger partial charge in [-0.25, -0.2) is 0 Å². The molecule has 0 fully saturated rings. The van der Waals surface area contributed by atoms with Crippen LogP contribution >= 0.6 is 0 Å². The Balaban J connectivity index is 1.58. The standard InChI is InChI=1S/C19H17N3O4/c20-17(23)11-22-18(24)13-7-5-12(6-8-13)10-21-19(25)16-9-14-3-1-2-4-15(14)26-16/h1-9H,10-11H2,(H2,20,23)(H,21,25)(H,22,24). The second-order valence-corrected chi connectivity index (χ2v) is 5.68. The van der Waals surface area contributed by atoms with Crippen molar-refractivity contribution in [3.8, 4) is 0 Å². The van der Waals surface area contributed by atoms with Crippen LogP contribution in [0.4, 0.5) is 0 Å². The van der Waals surface area contributed by atoms with Crippen molar-refractivity contribution in [3.63, 3.8) is 0 Å². The molecule has 3 amide bonds. The van der Waals surface area contributed by atoms with Crippen molar-refractivity contribution in [2.45, 2.75) is 6.54 Å². The summed E-state index contributed by atoms with van der Waals surface area (Å²) in [5, 5.41) is 6.04. The molecule has 0 atom stereocenters. The van der Waals surface area contributed by atoms with Crippen LogP contribution in [0.15, 0.2) is 59.0 Å². The first-order valence-corrected chi connectivity index (χ1v) is 7.95. The van der Waals surface area contributed by atoms with E-state index in [0.717, 1.165) is 10.9 Å². The second-order valence-electron chi connectivity index (χ2n) is 5.68. The smallest absolute Gasteiger partial charge is 0.287 e. The molecule has 1 aromatic heterocycles. The summed E-state index contributed by atoms with van der Waals surface area (Å²) in [4.78, 5) is 34.7. The highest BCUT2D eigenvalue weighted by molar-refractivity contribution is 5.97. The van der Waals surface area contributed by atoms with Gasteiger partial charge in [-0.15, -0.1) is 0 Å². The monoisotopic (exact) mass is 351 g/mol. The molecule has 26 heavy (non-hydrogen) atoms. The minimum Gasteiger partial charge on any atom is -0.451 e. The minimum atomic E-state index is -0.608. The zero-order valence-corrected chi connectivity index (χ0v) is 13.8. The number of rotatable bonds is 6. The van der Waals surface area contributed by atoms with Crippen LogP contribution in [-0.4, -0.2) is 24.3 Å². The summed E-state index contributed by atoms with van der Waals surface area (Å²) in [6.45, 7) is 0.0766. The van der Waals surface area contributed by atoms with E-state index in [2.05, 4.69) is 10.6 Å². The fourth-order valence-electron chi connectivity index (χ4n) is 2.41. The highest BCUT2D eigenvalue weighted by Crippen LogP contribution is 2.18. The van der Waals surface area contributed by atoms with Gasteiger partial charge in [-0.2, -0.15) is 0 Å². The number of benzene rings is 2. The first kappa shape index (κ1) is 17.2. The van der Waals surface area contributed by atoms with Crippen LogP contribution in [0.1, 0.15) is 26.5 Å². The summed E-state index contributed by atoms with van der Waals surface area (Å²) in [6.07, 6.45) is 0. The highest BCUT2D eigenvalue weighted by atomic mass is 16.3. The molecule has 0 aliphatic carbocycles. The molecular weight excluding hydrogens is 334 g/mol. The molecule has 0 saturated carbocycles. The van der Waals surface area contributed by atoms with Crippen molar-refractivity contribution in [1.29, 1.82) is 0 Å². The Morgan fingerprint density at radius 1 is 0.923 bits per heavy atom. The number of nitrogens with two attached hydrogens (primary N) is 1. The molecule has 2 aromatic carbocycles. The summed E-state index contributed by atoms with van der Waals surface area (Å²) < 4.78 is 5.51. The molecule has 3 rings (SSSR count). The summed E-state index contributed by atoms with van der Waals surface area (Å²) in [5.74, 6) is -1.07. The van der Waals surface area contributed by atoms with Crippen molar-refractivity contribution >= 4 is 28.7 Å². The number of nitrogens with one attached hydrogen (secondary N) is 2. The Kier molecular flexibility index (Phi) is 4.98. The second kappa shape index (κ2) is 7.52. The van der Waals surface area contributed by atoms with Crippen LogP contribution in [0.3, 0.4) is 0 Å². The molecular formula is C19H17N3O4. The largest absolute Gasteiger partial charge is 0.451 e. The van der Waals surface area contributed by atoms with E-state index in [-0.39, 0.29) is 24.1 Å². The molecule has 0 aliphatic rings. The molecule has 7 nitrogen and oxygen atoms in total. The fraction of sp³-hybridized carbons (Fsp3) is 0.105. The molecule has 0 spiro atoms. The number of fused-ring (bicyclic) bond motifs is 1. The van der Waals surface area contributed by atoms with Crippen molar-refractivity contribution in [1.82, 2.24) is 10.6 Å². The summed E-state index contributed by atoms with van der Waals surface area (Å²) >= 11 is 0. The van der Waals surface area contributed by atoms with Gasteiger partial charge in [-0.1, -0.05) is 30.3 Å². The molecule has 7 heteroatoms. The average Bonchev–Trinajstić information content (AvgIpc) is 3.09. The van der Waals surface area contributed by atoms with Gasteiger partial charge in [0.25, 0.3) is 11.8 Å². The van der Waals surface area contributed by atoms with E-state index in [1.165, 1.54) is 0 Å². The lowest BCUT2D eigenvalue weighted by Crippen LogP contribution is -2.33. The van der Waals surface area contributed by atoms with Gasteiger partial charge in [0.15, 0.2) is 5.76 Å². The van der Waals surface area contributed by atoms with Crippen molar-refractivity contribution < 1.29 is 18.8 Å². The van der Waals surface area contributed by atoms with Crippen LogP contribution in [0.25, 0.3) is 11.0 Å². The van der Waals surface area contributed by atoms with Gasteiger partial charge >= 0.3 is 0 Å². The number of hydrogen-bond acceptors (Lipinski definition) is 4. The van der Waals surface area contributed by atoms with Crippen LogP contribution in [0.5, 0.6) is 0 Å². The lowest BCUT2D eigenvalue weighted by molar-refractivity contribution is -0.117. The van der Waals surface area contributed by atoms with Gasteiger partial charge in [0.1, 0.15) is 5.58 Å². The first-order chi connectivity index (χ1) is 12.5. The first-order valence-electron chi connectivity index (χ1n) is 7.95. The molecule has 0 radical (unpaired) electrons. The molecule has 1 heterocycles. The Morgan fingerprint density at radius 3 is 2.35 bits per heavy atom. The topological polar surface area (TPSA) is 114 Å². The number of para-hydroxylation sites is 1. The van der Waals surface area contributed by atoms with Crippen LogP contribution in [0, 0.1) is 0 Å². The van der Waals surface area contributed by atoms with E-state index >= 15 is 0 Å². The number of carbonyl (C=O) groups excluding carboxylic acids is 3. The van der Waals surface area contributed by atoms with Crippen molar-refractivity contribution in [2.75, 3.05) is 6.54 Å². The van der Waals surface area contributed by atoms with E-state index in [9.17, 15) is 14.4 Å². The van der Waals surface area contributed by atoms with E-state index in [0.29, 0.717) is 17.7 Å². The van der Waals surface area contributed by atoms with E-state index in [1.807, 2.05) is 18.2 Å². The van der Waals surface area contributed by atoms with Gasteiger partial charge < -0.3 is 20.8 Å². The number of carbonyl (C=O) groups is 3. The van der Waals surface area contributed by atoms with Crippen LogP contribution < -0.4 is 16.4 Å². The Hall–Kier alpha value is -3.61. The fourth-order valence-corrected chi connectivity index (χ4v) is 2.41. The van der Waals surface area contributed by atoms with Gasteiger partial charge in [0.2, 0.25) is 5.91 Å². The molecule has 3 aromatic rings. The minimum absolute atomic E-state index is 0.214. The third-order valence-corrected chi connectivity index (χ3v) is 3.74. The van der Waals surface area contributed by atoms with Crippen LogP contribution in [0.2, 0.25) is 0 Å². The Morgan fingerprint density at radius 2 is 1.65 bits per heavy atom. The maximum Gasteiger partial charge on any atom is 0.287 e. The van der Waals surface area contributed by atoms with Gasteiger partial charge in [-0.05, 0) is 29.8 Å². The highest BCUT2D eigenvalue weighted by Gasteiger charge is 2.12. The molecule has 132 valence electrons. The average molecular weight is 351 g/mol. The summed E-state index contributed by atoms with van der Waals surface area (Å²) in [5.41, 5.74) is 6.86. The lowest BCUT2D eigenvalue weighted by Gasteiger charge is -2.06. The Bertz CT molecular complexity index is 927. The predicted octanol–water partition coefficient (Wildman–Crippen LogP) is 1.58. The van der Waals surface area contributed by atoms with Crippen LogP contribution in [-0.2, 0) is 11.3 Å². The maximum atomic E-state index is 12.2. The molecule has 0 saturated heterocycles. The number of primary amides is 1. The third-order valence-electron chi connectivity index (χ3n) is 3.74. The van der Waals surface area contributed by atoms with Gasteiger partial charge in [0, 0.05) is 17.5 Å². The maximum absolute atomic E-state index is 12.2. The zero-order valence-electron chi connectivity index (χ0n) is 13.8. The quantitative estimate of drug-likeness (QED) is 0.625. The molecule has 0 unspecified atom stereocenters. The number of hydrogen-bond donors (Lipinski definition) is 3. The van der Waals surface area contributed by atoms with E-state index in [1.54, 1.807) is 36.4 Å². The lowest BCUT2D eigenvalue weighted by atomic mass is 10.1. The summed E-state index contributed by atoms with van der Waals surface area (Å²) in [7, 11) is 0. The van der Waals surface area contributed by atoms with Crippen molar-refractivity contribution in [2.24, 2.45) is 5.73 Å². The SMILES string of the molecule is NC(=O)CNC(=O)c1ccc(CNC(=O)c2cc3ccccc3o2)cc1. The zero-order chi connectivity index (χ0) is 18.5. The number of amides is 3. The van der Waals surface area contributed by atoms with E-state index < -0.39 is 5.91 Å². The van der Waals surface area contributed by atoms with Gasteiger partial charge in [-0.3, -0.25) is 14.4 Å². The predicted molar refractivity (Wildman–Crippen MR) is 95.4 cm³/mol. The van der Waals surface area contributed by atoms with Gasteiger partial charge in [0.05, 0.1) is 6.54 Å². The normalized spacial score (nSPS) is 10.5. The molecule has 0 bridgehead atoms. The molecule has 0 aliphatic heterocycles. The third kappa shape index (κ3) is 4.07.